The van der Waals surface area contributed by atoms with Crippen molar-refractivity contribution in [3.05, 3.63) is 54.1 Å². The topological polar surface area (TPSA) is 69.7 Å². The highest BCUT2D eigenvalue weighted by Crippen LogP contribution is 2.31. The van der Waals surface area contributed by atoms with E-state index in [9.17, 15) is 14.4 Å². The summed E-state index contributed by atoms with van der Waals surface area (Å²) in [4.78, 5) is 41.1. The molecule has 6 nitrogen and oxygen atoms in total. The van der Waals surface area contributed by atoms with Crippen LogP contribution >= 0.6 is 11.8 Å². The average molecular weight is 412 g/mol. The van der Waals surface area contributed by atoms with Crippen LogP contribution in [0.5, 0.6) is 0 Å². The van der Waals surface area contributed by atoms with Gasteiger partial charge in [-0.25, -0.2) is 0 Å². The predicted octanol–water partition coefficient (Wildman–Crippen LogP) is 4.01. The van der Waals surface area contributed by atoms with Crippen molar-refractivity contribution in [2.45, 2.75) is 24.7 Å². The normalized spacial score (nSPS) is 16.0. The lowest BCUT2D eigenvalue weighted by Gasteiger charge is -2.18. The van der Waals surface area contributed by atoms with Gasteiger partial charge in [0.15, 0.2) is 0 Å². The standard InChI is InChI=1S/C22H25N3O3S/c1-4-15-9-11-17(12-10-15)25-14-16(13-20(25)26)21(27)23-18-7-5-6-8-19(18)29-22(28)24(2)3/h5-12,16H,4,13-14H2,1-3H3,(H,23,27). The Kier molecular flexibility index (Phi) is 6.59. The molecule has 2 aromatic carbocycles. The van der Waals surface area contributed by atoms with Crippen molar-refractivity contribution in [3.8, 4) is 0 Å². The molecule has 1 saturated heterocycles. The third kappa shape index (κ3) is 4.98. The van der Waals surface area contributed by atoms with Crippen LogP contribution in [0, 0.1) is 5.92 Å². The Hall–Kier alpha value is -2.80. The number of hydrogen-bond donors (Lipinski definition) is 1. The molecular formula is C22H25N3O3S. The summed E-state index contributed by atoms with van der Waals surface area (Å²) in [6.07, 6.45) is 1.11. The number of aryl methyl sites for hydroxylation is 1. The second-order valence-corrected chi connectivity index (χ2v) is 8.17. The molecule has 0 radical (unpaired) electrons. The van der Waals surface area contributed by atoms with Gasteiger partial charge in [0.05, 0.1) is 11.6 Å². The molecule has 1 N–H and O–H groups in total. The molecule has 1 aliphatic heterocycles. The molecule has 1 atom stereocenters. The summed E-state index contributed by atoms with van der Waals surface area (Å²) < 4.78 is 0. The molecule has 1 aliphatic rings. The number of carbonyl (C=O) groups is 3. The highest BCUT2D eigenvalue weighted by molar-refractivity contribution is 8.13. The number of amides is 3. The molecule has 2 aromatic rings. The Morgan fingerprint density at radius 3 is 2.48 bits per heavy atom. The van der Waals surface area contributed by atoms with Gasteiger partial charge in [0.2, 0.25) is 11.8 Å². The molecule has 0 saturated carbocycles. The molecule has 1 unspecified atom stereocenters. The van der Waals surface area contributed by atoms with E-state index in [1.54, 1.807) is 37.2 Å². The van der Waals surface area contributed by atoms with Crippen molar-refractivity contribution in [1.29, 1.82) is 0 Å². The summed E-state index contributed by atoms with van der Waals surface area (Å²) in [5.41, 5.74) is 2.60. The Bertz CT molecular complexity index is 912. The van der Waals surface area contributed by atoms with E-state index in [0.29, 0.717) is 17.1 Å². The van der Waals surface area contributed by atoms with E-state index >= 15 is 0 Å². The highest BCUT2D eigenvalue weighted by atomic mass is 32.2. The van der Waals surface area contributed by atoms with Crippen molar-refractivity contribution in [3.63, 3.8) is 0 Å². The predicted molar refractivity (Wildman–Crippen MR) is 116 cm³/mol. The van der Waals surface area contributed by atoms with Gasteiger partial charge in [0.1, 0.15) is 0 Å². The van der Waals surface area contributed by atoms with Crippen LogP contribution in [0.4, 0.5) is 16.2 Å². The van der Waals surface area contributed by atoms with Gasteiger partial charge >= 0.3 is 0 Å². The highest BCUT2D eigenvalue weighted by Gasteiger charge is 2.35. The fourth-order valence-corrected chi connectivity index (χ4v) is 3.87. The number of nitrogens with one attached hydrogen (secondary N) is 1. The minimum absolute atomic E-state index is 0.0557. The van der Waals surface area contributed by atoms with Crippen LogP contribution in [0.15, 0.2) is 53.4 Å². The number of para-hydroxylation sites is 1. The summed E-state index contributed by atoms with van der Waals surface area (Å²) in [6, 6.07) is 15.1. The molecule has 29 heavy (non-hydrogen) atoms. The van der Waals surface area contributed by atoms with E-state index < -0.39 is 5.92 Å². The van der Waals surface area contributed by atoms with Crippen molar-refractivity contribution in [2.24, 2.45) is 5.92 Å². The van der Waals surface area contributed by atoms with Crippen molar-refractivity contribution < 1.29 is 14.4 Å². The lowest BCUT2D eigenvalue weighted by atomic mass is 10.1. The lowest BCUT2D eigenvalue weighted by molar-refractivity contribution is -0.122. The smallest absolute Gasteiger partial charge is 0.286 e. The number of anilines is 2. The average Bonchev–Trinajstić information content (AvgIpc) is 3.11. The molecule has 0 aromatic heterocycles. The van der Waals surface area contributed by atoms with Crippen LogP contribution in [0.3, 0.4) is 0 Å². The summed E-state index contributed by atoms with van der Waals surface area (Å²) >= 11 is 1.06. The maximum absolute atomic E-state index is 12.8. The van der Waals surface area contributed by atoms with Crippen molar-refractivity contribution in [2.75, 3.05) is 30.9 Å². The zero-order chi connectivity index (χ0) is 21.0. The van der Waals surface area contributed by atoms with E-state index in [0.717, 1.165) is 23.9 Å². The van der Waals surface area contributed by atoms with E-state index in [-0.39, 0.29) is 23.5 Å². The van der Waals surface area contributed by atoms with Gasteiger partial charge in [0.25, 0.3) is 5.24 Å². The molecule has 0 aliphatic carbocycles. The van der Waals surface area contributed by atoms with E-state index in [2.05, 4.69) is 12.2 Å². The van der Waals surface area contributed by atoms with Crippen LogP contribution < -0.4 is 10.2 Å². The van der Waals surface area contributed by atoms with Crippen LogP contribution in [0.25, 0.3) is 0 Å². The number of rotatable bonds is 5. The summed E-state index contributed by atoms with van der Waals surface area (Å²) in [6.45, 7) is 2.43. The summed E-state index contributed by atoms with van der Waals surface area (Å²) in [5, 5.41) is 2.78. The molecule has 152 valence electrons. The molecule has 1 heterocycles. The molecular weight excluding hydrogens is 386 g/mol. The number of carbonyl (C=O) groups excluding carboxylic acids is 3. The Labute approximate surface area is 175 Å². The van der Waals surface area contributed by atoms with Crippen LogP contribution in [-0.4, -0.2) is 42.6 Å². The number of benzene rings is 2. The molecule has 3 amide bonds. The van der Waals surface area contributed by atoms with Gasteiger partial charge in [-0.2, -0.15) is 0 Å². The van der Waals surface area contributed by atoms with Crippen LogP contribution in [0.1, 0.15) is 18.9 Å². The largest absolute Gasteiger partial charge is 0.339 e. The number of thioether (sulfide) groups is 1. The molecule has 0 bridgehead atoms. The first kappa shape index (κ1) is 20.9. The summed E-state index contributed by atoms with van der Waals surface area (Å²) in [7, 11) is 3.37. The molecule has 3 rings (SSSR count). The molecule has 7 heteroatoms. The van der Waals surface area contributed by atoms with Gasteiger partial charge in [-0.05, 0) is 48.0 Å². The minimum Gasteiger partial charge on any atom is -0.339 e. The number of hydrogen-bond acceptors (Lipinski definition) is 4. The second kappa shape index (κ2) is 9.13. The van der Waals surface area contributed by atoms with Gasteiger partial charge < -0.3 is 15.1 Å². The van der Waals surface area contributed by atoms with Crippen molar-refractivity contribution >= 4 is 40.2 Å². The first-order valence-corrected chi connectivity index (χ1v) is 10.4. The molecule has 1 fully saturated rings. The number of nitrogens with zero attached hydrogens (tertiary/aromatic N) is 2. The Morgan fingerprint density at radius 2 is 1.83 bits per heavy atom. The third-order valence-corrected chi connectivity index (χ3v) is 5.98. The van der Waals surface area contributed by atoms with Gasteiger partial charge in [0, 0.05) is 37.6 Å². The Balaban J connectivity index is 1.69. The fraction of sp³-hybridized carbons (Fsp3) is 0.318. The third-order valence-electron chi connectivity index (χ3n) is 4.86. The lowest BCUT2D eigenvalue weighted by Crippen LogP contribution is -2.28. The zero-order valence-corrected chi connectivity index (χ0v) is 17.7. The summed E-state index contributed by atoms with van der Waals surface area (Å²) in [5.74, 6) is -0.702. The maximum atomic E-state index is 12.8. The van der Waals surface area contributed by atoms with Crippen LogP contribution in [0.2, 0.25) is 0 Å². The van der Waals surface area contributed by atoms with Gasteiger partial charge in [-0.1, -0.05) is 31.2 Å². The second-order valence-electron chi connectivity index (χ2n) is 7.17. The van der Waals surface area contributed by atoms with E-state index in [1.807, 2.05) is 30.3 Å². The quantitative estimate of drug-likeness (QED) is 0.755. The van der Waals surface area contributed by atoms with Crippen molar-refractivity contribution in [1.82, 2.24) is 4.90 Å². The Morgan fingerprint density at radius 1 is 1.14 bits per heavy atom. The first-order chi connectivity index (χ1) is 13.9. The van der Waals surface area contributed by atoms with Gasteiger partial charge in [-0.3, -0.25) is 14.4 Å². The first-order valence-electron chi connectivity index (χ1n) is 9.57. The maximum Gasteiger partial charge on any atom is 0.286 e. The van der Waals surface area contributed by atoms with Crippen LogP contribution in [-0.2, 0) is 16.0 Å². The zero-order valence-electron chi connectivity index (χ0n) is 16.8. The monoisotopic (exact) mass is 411 g/mol. The van der Waals surface area contributed by atoms with Gasteiger partial charge in [-0.15, -0.1) is 0 Å². The SMILES string of the molecule is CCc1ccc(N2CC(C(=O)Nc3ccccc3SC(=O)N(C)C)CC2=O)cc1. The minimum atomic E-state index is -0.434. The van der Waals surface area contributed by atoms with E-state index in [1.165, 1.54) is 10.5 Å². The fourth-order valence-electron chi connectivity index (χ4n) is 3.12. The van der Waals surface area contributed by atoms with E-state index in [4.69, 9.17) is 0 Å². The molecule has 0 spiro atoms.